The van der Waals surface area contributed by atoms with E-state index in [4.69, 9.17) is 6.42 Å². The summed E-state index contributed by atoms with van der Waals surface area (Å²) in [7, 11) is 0. The number of terminal acetylenes is 1. The van der Waals surface area contributed by atoms with E-state index < -0.39 is 5.91 Å². The molecule has 0 saturated heterocycles. The molecule has 5 rings (SSSR count). The Morgan fingerprint density at radius 3 is 2.49 bits per heavy atom. The van der Waals surface area contributed by atoms with E-state index in [1.165, 1.54) is 11.1 Å². The van der Waals surface area contributed by atoms with Gasteiger partial charge in [-0.05, 0) is 73.2 Å². The second-order valence-electron chi connectivity index (χ2n) is 9.57. The molecule has 1 aliphatic carbocycles. The number of allylic oxidation sites excluding steroid dienone is 4. The summed E-state index contributed by atoms with van der Waals surface area (Å²) < 4.78 is 1.83. The topological polar surface area (TPSA) is 76.0 Å². The maximum atomic E-state index is 13.5. The van der Waals surface area contributed by atoms with Gasteiger partial charge >= 0.3 is 0 Å². The van der Waals surface area contributed by atoms with E-state index in [2.05, 4.69) is 45.8 Å². The van der Waals surface area contributed by atoms with Crippen molar-refractivity contribution in [2.75, 3.05) is 10.6 Å². The van der Waals surface area contributed by atoms with Gasteiger partial charge in [0.25, 0.3) is 5.91 Å². The fraction of sp³-hybridized carbons (Fsp3) is 0.182. The number of pyridine rings is 2. The minimum Gasteiger partial charge on any atom is -0.380 e. The molecule has 2 aromatic heterocycles. The summed E-state index contributed by atoms with van der Waals surface area (Å²) in [6.45, 7) is 4.45. The summed E-state index contributed by atoms with van der Waals surface area (Å²) in [6, 6.07) is 17.8. The lowest BCUT2D eigenvalue weighted by Gasteiger charge is -2.16. The van der Waals surface area contributed by atoms with E-state index in [1.54, 1.807) is 30.6 Å². The number of carbonyl (C=O) groups is 1. The molecule has 0 atom stereocenters. The smallest absolute Gasteiger partial charge is 0.261 e. The monoisotopic (exact) mass is 514 g/mol. The van der Waals surface area contributed by atoms with Crippen molar-refractivity contribution in [1.82, 2.24) is 9.55 Å². The summed E-state index contributed by atoms with van der Waals surface area (Å²) in [5, 5.41) is 6.81. The van der Waals surface area contributed by atoms with Crippen LogP contribution in [-0.4, -0.2) is 21.5 Å². The summed E-state index contributed by atoms with van der Waals surface area (Å²) >= 11 is 0. The molecule has 1 aliphatic rings. The van der Waals surface area contributed by atoms with E-state index in [0.29, 0.717) is 23.3 Å². The van der Waals surface area contributed by atoms with E-state index >= 15 is 0 Å². The molecule has 0 spiro atoms. The number of hydrogen-bond acceptors (Lipinski definition) is 4. The van der Waals surface area contributed by atoms with Crippen LogP contribution in [0.2, 0.25) is 0 Å². The maximum Gasteiger partial charge on any atom is 0.261 e. The fourth-order valence-electron chi connectivity index (χ4n) is 5.09. The van der Waals surface area contributed by atoms with Crippen LogP contribution in [-0.2, 0) is 19.4 Å². The quantitative estimate of drug-likeness (QED) is 0.240. The van der Waals surface area contributed by atoms with Gasteiger partial charge in [0.2, 0.25) is 5.43 Å². The van der Waals surface area contributed by atoms with Crippen molar-refractivity contribution in [2.45, 2.75) is 39.3 Å². The highest BCUT2D eigenvalue weighted by atomic mass is 16.2. The molecular formula is C33H30N4O2. The van der Waals surface area contributed by atoms with Crippen molar-refractivity contribution in [1.29, 1.82) is 0 Å². The van der Waals surface area contributed by atoms with Crippen molar-refractivity contribution in [3.05, 3.63) is 118 Å². The van der Waals surface area contributed by atoms with E-state index in [0.717, 1.165) is 29.7 Å². The molecule has 0 aliphatic heterocycles. The van der Waals surface area contributed by atoms with Crippen LogP contribution >= 0.6 is 0 Å². The predicted octanol–water partition coefficient (Wildman–Crippen LogP) is 5.84. The molecule has 0 bridgehead atoms. The number of hydrogen-bond donors (Lipinski definition) is 2. The zero-order chi connectivity index (χ0) is 27.4. The molecule has 0 fully saturated rings. The Morgan fingerprint density at radius 1 is 1.13 bits per heavy atom. The molecule has 6 heteroatoms. The number of carbonyl (C=O) groups excluding carboxylic acids is 1. The molecule has 4 aromatic rings. The Balaban J connectivity index is 1.40. The summed E-state index contributed by atoms with van der Waals surface area (Å²) in [5.74, 6) is 2.09. The standard InChI is InChI=1S/C33H30N4O2/c1-4-9-22(10-5-2)23-13-15-26(16-14-23)36-33(39)30-21-37(6-3)32-29(31(30)38)19-28(20-34-32)35-27-17-24-11-7-8-12-25(24)18-27/h1,5,7-16,19-21,27,35H,6,17-18H2,2-3H3,(H,36,39)/b10-5-,22-9+. The number of aryl methyl sites for hydroxylation is 1. The van der Waals surface area contributed by atoms with Crippen LogP contribution in [0.3, 0.4) is 0 Å². The lowest BCUT2D eigenvalue weighted by Crippen LogP contribution is -2.25. The lowest BCUT2D eigenvalue weighted by atomic mass is 10.0. The molecule has 2 N–H and O–H groups in total. The van der Waals surface area contributed by atoms with Crippen molar-refractivity contribution < 1.29 is 4.79 Å². The van der Waals surface area contributed by atoms with Gasteiger partial charge in [-0.1, -0.05) is 54.5 Å². The Hall–Kier alpha value is -4.89. The molecule has 0 radical (unpaired) electrons. The number of rotatable bonds is 7. The number of anilines is 2. The molecular weight excluding hydrogens is 484 g/mol. The number of amides is 1. The fourth-order valence-corrected chi connectivity index (χ4v) is 5.09. The average molecular weight is 515 g/mol. The Labute approximate surface area is 228 Å². The van der Waals surface area contributed by atoms with Crippen LogP contribution in [0.15, 0.2) is 90.0 Å². The summed E-state index contributed by atoms with van der Waals surface area (Å²) in [4.78, 5) is 31.3. The molecule has 0 unspecified atom stereocenters. The van der Waals surface area contributed by atoms with Gasteiger partial charge in [0.05, 0.1) is 17.3 Å². The largest absolute Gasteiger partial charge is 0.380 e. The highest BCUT2D eigenvalue weighted by Gasteiger charge is 2.22. The average Bonchev–Trinajstić information content (AvgIpc) is 3.36. The zero-order valence-electron chi connectivity index (χ0n) is 22.1. The Kier molecular flexibility index (Phi) is 7.42. The third-order valence-corrected chi connectivity index (χ3v) is 6.98. The molecule has 39 heavy (non-hydrogen) atoms. The first-order chi connectivity index (χ1) is 19.0. The van der Waals surface area contributed by atoms with Gasteiger partial charge in [-0.2, -0.15) is 0 Å². The van der Waals surface area contributed by atoms with Crippen molar-refractivity contribution in [2.24, 2.45) is 0 Å². The number of aromatic nitrogens is 2. The highest BCUT2D eigenvalue weighted by molar-refractivity contribution is 6.05. The molecule has 6 nitrogen and oxygen atoms in total. The van der Waals surface area contributed by atoms with Gasteiger partial charge in [-0.3, -0.25) is 9.59 Å². The van der Waals surface area contributed by atoms with Gasteiger partial charge in [0.1, 0.15) is 11.2 Å². The first kappa shape index (κ1) is 25.7. The third-order valence-electron chi connectivity index (χ3n) is 6.98. The van der Waals surface area contributed by atoms with Crippen LogP contribution in [0, 0.1) is 12.3 Å². The normalized spacial score (nSPS) is 13.4. The van der Waals surface area contributed by atoms with Crippen LogP contribution in [0.5, 0.6) is 0 Å². The van der Waals surface area contributed by atoms with Crippen LogP contribution in [0.1, 0.15) is 40.9 Å². The minimum absolute atomic E-state index is 0.0717. The maximum absolute atomic E-state index is 13.5. The molecule has 194 valence electrons. The minimum atomic E-state index is -0.464. The Bertz CT molecular complexity index is 1680. The number of nitrogens with one attached hydrogen (secondary N) is 2. The molecule has 2 aromatic carbocycles. The number of nitrogens with zero attached hydrogens (tertiary/aromatic N) is 2. The van der Waals surface area contributed by atoms with Gasteiger partial charge in [0, 0.05) is 24.5 Å². The second kappa shape index (κ2) is 11.2. The molecule has 0 saturated carbocycles. The van der Waals surface area contributed by atoms with Crippen LogP contribution in [0.25, 0.3) is 16.6 Å². The Morgan fingerprint density at radius 2 is 1.85 bits per heavy atom. The van der Waals surface area contributed by atoms with E-state index in [-0.39, 0.29) is 17.0 Å². The zero-order valence-corrected chi connectivity index (χ0v) is 22.1. The van der Waals surface area contributed by atoms with Crippen molar-refractivity contribution in [3.63, 3.8) is 0 Å². The van der Waals surface area contributed by atoms with Gasteiger partial charge in [-0.15, -0.1) is 6.42 Å². The van der Waals surface area contributed by atoms with E-state index in [9.17, 15) is 9.59 Å². The first-order valence-corrected chi connectivity index (χ1v) is 13.1. The molecule has 2 heterocycles. The first-order valence-electron chi connectivity index (χ1n) is 13.1. The summed E-state index contributed by atoms with van der Waals surface area (Å²) in [6.07, 6.45) is 16.2. The SMILES string of the molecule is C#C/C=C(\C=C/C)c1ccc(NC(=O)c2cn(CC)c3ncc(NC4Cc5ccccc5C4)cc3c2=O)cc1. The van der Waals surface area contributed by atoms with Gasteiger partial charge < -0.3 is 15.2 Å². The van der Waals surface area contributed by atoms with Crippen molar-refractivity contribution >= 4 is 33.9 Å². The highest BCUT2D eigenvalue weighted by Crippen LogP contribution is 2.25. The third kappa shape index (κ3) is 5.39. The van der Waals surface area contributed by atoms with E-state index in [1.807, 2.05) is 48.8 Å². The lowest BCUT2D eigenvalue weighted by molar-refractivity contribution is 0.102. The van der Waals surface area contributed by atoms with Crippen LogP contribution < -0.4 is 16.1 Å². The van der Waals surface area contributed by atoms with Crippen LogP contribution in [0.4, 0.5) is 11.4 Å². The van der Waals surface area contributed by atoms with Gasteiger partial charge in [-0.25, -0.2) is 4.98 Å². The molecule has 1 amide bonds. The summed E-state index contributed by atoms with van der Waals surface area (Å²) in [5.41, 5.74) is 6.15. The second-order valence-corrected chi connectivity index (χ2v) is 9.57. The predicted molar refractivity (Wildman–Crippen MR) is 159 cm³/mol. The number of fused-ring (bicyclic) bond motifs is 2. The van der Waals surface area contributed by atoms with Crippen molar-refractivity contribution in [3.8, 4) is 12.3 Å². The number of benzene rings is 2. The van der Waals surface area contributed by atoms with Gasteiger partial charge in [0.15, 0.2) is 0 Å².